The molecule has 0 saturated carbocycles. The third-order valence-electron chi connectivity index (χ3n) is 1.75. The first-order valence-electron chi connectivity index (χ1n) is 3.49. The van der Waals surface area contributed by atoms with Crippen LogP contribution in [0.4, 0.5) is 4.39 Å². The van der Waals surface area contributed by atoms with Crippen LogP contribution in [0.1, 0.15) is 5.56 Å². The normalized spacial score (nSPS) is 10.2. The molecule has 2 aromatic rings. The molecule has 4 heteroatoms. The van der Waals surface area contributed by atoms with Crippen molar-refractivity contribution in [2.45, 2.75) is 0 Å². The van der Waals surface area contributed by atoms with Gasteiger partial charge in [-0.3, -0.25) is 0 Å². The summed E-state index contributed by atoms with van der Waals surface area (Å²) in [6, 6.07) is 5.35. The number of fused-ring (bicyclic) bond motifs is 1. The highest BCUT2D eigenvalue weighted by atomic mass is 127. The summed E-state index contributed by atoms with van der Waals surface area (Å²) in [7, 11) is 0. The molecule has 1 aromatic heterocycles. The van der Waals surface area contributed by atoms with E-state index in [2.05, 4.69) is 6.07 Å². The van der Waals surface area contributed by atoms with E-state index in [-0.39, 0.29) is 5.82 Å². The van der Waals surface area contributed by atoms with Crippen LogP contribution in [0.5, 0.6) is 0 Å². The zero-order valence-electron chi connectivity index (χ0n) is 6.34. The van der Waals surface area contributed by atoms with Crippen LogP contribution in [0.3, 0.4) is 0 Å². The van der Waals surface area contributed by atoms with Crippen molar-refractivity contribution in [2.75, 3.05) is 0 Å². The first kappa shape index (κ1) is 8.91. The van der Waals surface area contributed by atoms with Crippen molar-refractivity contribution in [3.8, 4) is 6.07 Å². The van der Waals surface area contributed by atoms with Gasteiger partial charge < -0.3 is 0 Å². The third-order valence-corrected chi connectivity index (χ3v) is 3.48. The number of nitriles is 1. The molecule has 1 nitrogen and oxygen atoms in total. The lowest BCUT2D eigenvalue weighted by Crippen LogP contribution is -1.85. The van der Waals surface area contributed by atoms with Gasteiger partial charge in [-0.2, -0.15) is 5.26 Å². The molecule has 0 saturated heterocycles. The van der Waals surface area contributed by atoms with Crippen molar-refractivity contribution in [2.24, 2.45) is 0 Å². The summed E-state index contributed by atoms with van der Waals surface area (Å²) < 4.78 is 14.7. The molecule has 0 amide bonds. The average Bonchev–Trinajstić information content (AvgIpc) is 2.60. The Bertz CT molecular complexity index is 512. The van der Waals surface area contributed by atoms with Gasteiger partial charge in [0.25, 0.3) is 0 Å². The summed E-state index contributed by atoms with van der Waals surface area (Å²) in [5.74, 6) is -0.226. The van der Waals surface area contributed by atoms with E-state index in [9.17, 15) is 4.39 Å². The Labute approximate surface area is 91.9 Å². The molecule has 0 aliphatic heterocycles. The van der Waals surface area contributed by atoms with Crippen molar-refractivity contribution in [3.63, 3.8) is 0 Å². The Morgan fingerprint density at radius 1 is 1.54 bits per heavy atom. The molecule has 0 N–H and O–H groups in total. The number of benzene rings is 1. The van der Waals surface area contributed by atoms with Gasteiger partial charge in [0.05, 0.1) is 13.8 Å². The predicted octanol–water partition coefficient (Wildman–Crippen LogP) is 3.52. The highest BCUT2D eigenvalue weighted by Gasteiger charge is 2.10. The van der Waals surface area contributed by atoms with Crippen molar-refractivity contribution in [1.29, 1.82) is 5.26 Å². The van der Waals surface area contributed by atoms with E-state index in [1.807, 2.05) is 22.6 Å². The van der Waals surface area contributed by atoms with Gasteiger partial charge in [-0.15, -0.1) is 11.3 Å². The summed E-state index contributed by atoms with van der Waals surface area (Å²) >= 11 is 3.29. The number of thiophene rings is 1. The number of nitrogens with zero attached hydrogens (tertiary/aromatic N) is 1. The average molecular weight is 303 g/mol. The van der Waals surface area contributed by atoms with Crippen LogP contribution >= 0.6 is 33.9 Å². The Morgan fingerprint density at radius 3 is 3.00 bits per heavy atom. The fourth-order valence-electron chi connectivity index (χ4n) is 1.16. The maximum absolute atomic E-state index is 13.4. The Morgan fingerprint density at radius 2 is 2.31 bits per heavy atom. The lowest BCUT2D eigenvalue weighted by atomic mass is 10.2. The van der Waals surface area contributed by atoms with Gasteiger partial charge in [-0.05, 0) is 40.1 Å². The highest BCUT2D eigenvalue weighted by Crippen LogP contribution is 2.29. The van der Waals surface area contributed by atoms with Crippen LogP contribution in [0.25, 0.3) is 10.1 Å². The largest absolute Gasteiger partial charge is 0.205 e. The molecule has 0 unspecified atom stereocenters. The van der Waals surface area contributed by atoms with E-state index in [1.54, 1.807) is 17.5 Å². The SMILES string of the molecule is N#Cc1cc(I)c(F)c2ccsc12. The van der Waals surface area contributed by atoms with Crippen LogP contribution in [0.15, 0.2) is 17.5 Å². The van der Waals surface area contributed by atoms with E-state index in [4.69, 9.17) is 5.26 Å². The second kappa shape index (κ2) is 3.24. The molecule has 64 valence electrons. The molecular weight excluding hydrogens is 300 g/mol. The van der Waals surface area contributed by atoms with Crippen LogP contribution in [-0.2, 0) is 0 Å². The van der Waals surface area contributed by atoms with Gasteiger partial charge in [0.2, 0.25) is 0 Å². The number of hydrogen-bond donors (Lipinski definition) is 0. The summed E-state index contributed by atoms with van der Waals surface area (Å²) in [4.78, 5) is 0. The minimum absolute atomic E-state index is 0.226. The van der Waals surface area contributed by atoms with Crippen molar-refractivity contribution in [1.82, 2.24) is 0 Å². The minimum atomic E-state index is -0.226. The van der Waals surface area contributed by atoms with Gasteiger partial charge in [0, 0.05) is 5.39 Å². The van der Waals surface area contributed by atoms with Crippen LogP contribution in [0.2, 0.25) is 0 Å². The van der Waals surface area contributed by atoms with Gasteiger partial charge in [-0.1, -0.05) is 0 Å². The third kappa shape index (κ3) is 1.32. The number of rotatable bonds is 0. The topological polar surface area (TPSA) is 23.8 Å². The second-order valence-corrected chi connectivity index (χ2v) is 4.57. The Kier molecular flexibility index (Phi) is 2.22. The minimum Gasteiger partial charge on any atom is -0.205 e. The molecule has 1 heterocycles. The summed E-state index contributed by atoms with van der Waals surface area (Å²) in [6.45, 7) is 0. The molecule has 0 spiro atoms. The molecule has 2 rings (SSSR count). The maximum atomic E-state index is 13.4. The fraction of sp³-hybridized carbons (Fsp3) is 0. The van der Waals surface area contributed by atoms with Crippen molar-refractivity contribution >= 4 is 44.0 Å². The lowest BCUT2D eigenvalue weighted by Gasteiger charge is -1.97. The van der Waals surface area contributed by atoms with E-state index in [1.165, 1.54) is 11.3 Å². The predicted molar refractivity (Wildman–Crippen MR) is 59.2 cm³/mol. The molecule has 0 aliphatic rings. The molecule has 1 aromatic carbocycles. The summed E-state index contributed by atoms with van der Waals surface area (Å²) in [5, 5.41) is 11.1. The Balaban J connectivity index is 2.97. The zero-order chi connectivity index (χ0) is 9.42. The van der Waals surface area contributed by atoms with E-state index in [0.717, 1.165) is 4.70 Å². The highest BCUT2D eigenvalue weighted by molar-refractivity contribution is 14.1. The van der Waals surface area contributed by atoms with Gasteiger partial charge >= 0.3 is 0 Å². The number of halogens is 2. The quantitative estimate of drug-likeness (QED) is 0.683. The standard InChI is InChI=1S/C9H3FINS/c10-8-6-1-2-13-9(6)5(4-12)3-7(8)11/h1-3H. The maximum Gasteiger partial charge on any atom is 0.145 e. The smallest absolute Gasteiger partial charge is 0.145 e. The zero-order valence-corrected chi connectivity index (χ0v) is 9.32. The van der Waals surface area contributed by atoms with Gasteiger partial charge in [0.1, 0.15) is 11.9 Å². The lowest BCUT2D eigenvalue weighted by molar-refractivity contribution is 0.633. The van der Waals surface area contributed by atoms with E-state index in [0.29, 0.717) is 14.5 Å². The van der Waals surface area contributed by atoms with E-state index < -0.39 is 0 Å². The van der Waals surface area contributed by atoms with Crippen LogP contribution in [-0.4, -0.2) is 0 Å². The molecule has 0 bridgehead atoms. The number of hydrogen-bond acceptors (Lipinski definition) is 2. The molecule has 0 radical (unpaired) electrons. The molecule has 0 fully saturated rings. The Hall–Kier alpha value is -0.670. The summed E-state index contributed by atoms with van der Waals surface area (Å²) in [5.41, 5.74) is 0.552. The monoisotopic (exact) mass is 303 g/mol. The molecule has 0 atom stereocenters. The summed E-state index contributed by atoms with van der Waals surface area (Å²) in [6.07, 6.45) is 0. The van der Waals surface area contributed by atoms with Gasteiger partial charge in [0.15, 0.2) is 0 Å². The van der Waals surface area contributed by atoms with Crippen LogP contribution < -0.4 is 0 Å². The van der Waals surface area contributed by atoms with Crippen LogP contribution in [0, 0.1) is 20.7 Å². The molecule has 0 aliphatic carbocycles. The first-order valence-corrected chi connectivity index (χ1v) is 5.45. The van der Waals surface area contributed by atoms with Gasteiger partial charge in [-0.25, -0.2) is 4.39 Å². The second-order valence-electron chi connectivity index (χ2n) is 2.50. The fourth-order valence-corrected chi connectivity index (χ4v) is 2.62. The van der Waals surface area contributed by atoms with Crippen molar-refractivity contribution in [3.05, 3.63) is 32.5 Å². The molecule has 13 heavy (non-hydrogen) atoms. The van der Waals surface area contributed by atoms with E-state index >= 15 is 0 Å². The van der Waals surface area contributed by atoms with Crippen molar-refractivity contribution < 1.29 is 4.39 Å². The molecular formula is C9H3FINS. The first-order chi connectivity index (χ1) is 6.24.